The van der Waals surface area contributed by atoms with E-state index in [-0.39, 0.29) is 24.6 Å². The van der Waals surface area contributed by atoms with E-state index in [2.05, 4.69) is 4.98 Å². The number of hydrogen-bond acceptors (Lipinski definition) is 4. The van der Waals surface area contributed by atoms with Crippen LogP contribution in [0, 0.1) is 0 Å². The lowest BCUT2D eigenvalue weighted by atomic mass is 10.2. The molecule has 2 saturated heterocycles. The van der Waals surface area contributed by atoms with Gasteiger partial charge in [-0.05, 0) is 23.8 Å². The van der Waals surface area contributed by atoms with Crippen LogP contribution >= 0.6 is 0 Å². The molecule has 0 aliphatic carbocycles. The number of aromatic nitrogens is 1. The highest BCUT2D eigenvalue weighted by molar-refractivity contribution is 5.80. The van der Waals surface area contributed by atoms with Gasteiger partial charge in [-0.1, -0.05) is 24.3 Å². The van der Waals surface area contributed by atoms with Gasteiger partial charge in [0.05, 0.1) is 6.04 Å². The largest absolute Gasteiger partial charge is 0.484 e. The molecule has 1 atom stereocenters. The van der Waals surface area contributed by atoms with Gasteiger partial charge in [-0.2, -0.15) is 0 Å². The molecule has 27 heavy (non-hydrogen) atoms. The van der Waals surface area contributed by atoms with Crippen LogP contribution < -0.4 is 4.74 Å². The number of piperazine rings is 1. The lowest BCUT2D eigenvalue weighted by molar-refractivity contribution is -0.135. The second-order valence-corrected chi connectivity index (χ2v) is 6.81. The van der Waals surface area contributed by atoms with Gasteiger partial charge in [0.25, 0.3) is 5.91 Å². The first-order chi connectivity index (χ1) is 13.2. The number of benzene rings is 1. The van der Waals surface area contributed by atoms with Crippen LogP contribution in [0.15, 0.2) is 54.9 Å². The normalized spacial score (nSPS) is 19.2. The average Bonchev–Trinajstić information content (AvgIpc) is 3.02. The molecular formula is C20H22N4O3. The topological polar surface area (TPSA) is 66.0 Å². The van der Waals surface area contributed by atoms with E-state index in [0.29, 0.717) is 38.5 Å². The van der Waals surface area contributed by atoms with Crippen LogP contribution in [0.2, 0.25) is 0 Å². The first-order valence-corrected chi connectivity index (χ1v) is 9.11. The molecule has 0 N–H and O–H groups in total. The predicted molar refractivity (Wildman–Crippen MR) is 99.1 cm³/mol. The number of amides is 3. The Morgan fingerprint density at radius 3 is 2.74 bits per heavy atom. The maximum Gasteiger partial charge on any atom is 0.320 e. The standard InChI is InChI=1S/C20H22N4O3/c25-19(15-27-18-6-2-1-3-7-18)22-9-10-24-17(13-22)14-23(20(24)26)12-16-5-4-8-21-11-16/h1-8,11,17H,9-10,12-15H2/t17-/m1/s1. The molecule has 0 bridgehead atoms. The Kier molecular flexibility index (Phi) is 4.91. The molecule has 1 aromatic carbocycles. The van der Waals surface area contributed by atoms with E-state index in [0.717, 1.165) is 5.56 Å². The van der Waals surface area contributed by atoms with E-state index in [9.17, 15) is 9.59 Å². The number of nitrogens with zero attached hydrogens (tertiary/aromatic N) is 4. The van der Waals surface area contributed by atoms with Crippen molar-refractivity contribution in [1.82, 2.24) is 19.7 Å². The average molecular weight is 366 g/mol. The second kappa shape index (κ2) is 7.65. The smallest absolute Gasteiger partial charge is 0.320 e. The van der Waals surface area contributed by atoms with E-state index in [1.807, 2.05) is 52.3 Å². The first-order valence-electron chi connectivity index (χ1n) is 9.11. The zero-order chi connectivity index (χ0) is 18.6. The van der Waals surface area contributed by atoms with Gasteiger partial charge in [0, 0.05) is 45.1 Å². The zero-order valence-corrected chi connectivity index (χ0v) is 15.0. The summed E-state index contributed by atoms with van der Waals surface area (Å²) in [5.74, 6) is 0.639. The number of carbonyl (C=O) groups is 2. The lowest BCUT2D eigenvalue weighted by Crippen LogP contribution is -2.54. The summed E-state index contributed by atoms with van der Waals surface area (Å²) in [4.78, 5) is 34.7. The van der Waals surface area contributed by atoms with Crippen molar-refractivity contribution in [2.24, 2.45) is 0 Å². The fraction of sp³-hybridized carbons (Fsp3) is 0.350. The summed E-state index contributed by atoms with van der Waals surface area (Å²) >= 11 is 0. The minimum atomic E-state index is -0.0448. The van der Waals surface area contributed by atoms with E-state index < -0.39 is 0 Å². The van der Waals surface area contributed by atoms with Gasteiger partial charge in [0.2, 0.25) is 0 Å². The van der Waals surface area contributed by atoms with Crippen molar-refractivity contribution in [2.45, 2.75) is 12.6 Å². The lowest BCUT2D eigenvalue weighted by Gasteiger charge is -2.36. The van der Waals surface area contributed by atoms with E-state index in [1.165, 1.54) is 0 Å². The third-order valence-corrected chi connectivity index (χ3v) is 4.98. The first kappa shape index (κ1) is 17.3. The predicted octanol–water partition coefficient (Wildman–Crippen LogP) is 1.61. The number of fused-ring (bicyclic) bond motifs is 1. The van der Waals surface area contributed by atoms with Crippen LogP contribution in [0.5, 0.6) is 5.75 Å². The Labute approximate surface area is 158 Å². The molecule has 0 radical (unpaired) electrons. The minimum Gasteiger partial charge on any atom is -0.484 e. The number of rotatable bonds is 5. The molecule has 0 unspecified atom stereocenters. The highest BCUT2D eigenvalue weighted by Crippen LogP contribution is 2.22. The van der Waals surface area contributed by atoms with Crippen molar-refractivity contribution in [2.75, 3.05) is 32.8 Å². The van der Waals surface area contributed by atoms with Crippen LogP contribution in [-0.4, -0.2) is 70.4 Å². The van der Waals surface area contributed by atoms with Gasteiger partial charge < -0.3 is 19.4 Å². The van der Waals surface area contributed by atoms with Gasteiger partial charge in [-0.15, -0.1) is 0 Å². The summed E-state index contributed by atoms with van der Waals surface area (Å²) in [5, 5.41) is 0. The van der Waals surface area contributed by atoms with Crippen molar-refractivity contribution in [3.05, 3.63) is 60.4 Å². The zero-order valence-electron chi connectivity index (χ0n) is 15.0. The van der Waals surface area contributed by atoms with Crippen molar-refractivity contribution < 1.29 is 14.3 Å². The van der Waals surface area contributed by atoms with Crippen LogP contribution in [0.3, 0.4) is 0 Å². The summed E-state index contributed by atoms with van der Waals surface area (Å²) in [7, 11) is 0. The summed E-state index contributed by atoms with van der Waals surface area (Å²) < 4.78 is 5.56. The number of hydrogen-bond donors (Lipinski definition) is 0. The molecule has 3 amide bonds. The van der Waals surface area contributed by atoms with Crippen LogP contribution in [0.25, 0.3) is 0 Å². The Hall–Kier alpha value is -3.09. The van der Waals surface area contributed by atoms with Crippen molar-refractivity contribution >= 4 is 11.9 Å². The van der Waals surface area contributed by atoms with Crippen LogP contribution in [0.1, 0.15) is 5.56 Å². The second-order valence-electron chi connectivity index (χ2n) is 6.81. The molecule has 0 saturated carbocycles. The molecule has 0 spiro atoms. The molecule has 2 aliphatic rings. The number of ether oxygens (including phenoxy) is 1. The fourth-order valence-electron chi connectivity index (χ4n) is 3.60. The molecule has 7 nitrogen and oxygen atoms in total. The van der Waals surface area contributed by atoms with Crippen molar-refractivity contribution in [3.63, 3.8) is 0 Å². The summed E-state index contributed by atoms with van der Waals surface area (Å²) in [5.41, 5.74) is 1.01. The Morgan fingerprint density at radius 2 is 1.96 bits per heavy atom. The highest BCUT2D eigenvalue weighted by Gasteiger charge is 2.41. The Balaban J connectivity index is 1.33. The van der Waals surface area contributed by atoms with Gasteiger partial charge >= 0.3 is 6.03 Å². The molecule has 7 heteroatoms. The molecule has 4 rings (SSSR count). The Bertz CT molecular complexity index is 799. The molecule has 3 heterocycles. The summed E-state index contributed by atoms with van der Waals surface area (Å²) in [6.45, 7) is 2.84. The van der Waals surface area contributed by atoms with Gasteiger partial charge in [-0.25, -0.2) is 4.79 Å². The molecule has 2 fully saturated rings. The van der Waals surface area contributed by atoms with Crippen LogP contribution in [0.4, 0.5) is 4.79 Å². The third-order valence-electron chi connectivity index (χ3n) is 4.98. The Morgan fingerprint density at radius 1 is 1.11 bits per heavy atom. The number of carbonyl (C=O) groups excluding carboxylic acids is 2. The van der Waals surface area contributed by atoms with Gasteiger partial charge in [0.1, 0.15) is 5.75 Å². The molecule has 140 valence electrons. The summed E-state index contributed by atoms with van der Waals surface area (Å²) in [6, 6.07) is 13.2. The van der Waals surface area contributed by atoms with E-state index in [4.69, 9.17) is 4.74 Å². The van der Waals surface area contributed by atoms with Gasteiger partial charge in [-0.3, -0.25) is 9.78 Å². The minimum absolute atomic E-state index is 0.0179. The number of para-hydroxylation sites is 1. The van der Waals surface area contributed by atoms with E-state index in [1.54, 1.807) is 17.3 Å². The molecule has 2 aliphatic heterocycles. The highest BCUT2D eigenvalue weighted by atomic mass is 16.5. The SMILES string of the molecule is O=C(COc1ccccc1)N1CCN2C(=O)N(Cc3cccnc3)C[C@H]2C1. The van der Waals surface area contributed by atoms with Gasteiger partial charge in [0.15, 0.2) is 6.61 Å². The van der Waals surface area contributed by atoms with Crippen molar-refractivity contribution in [1.29, 1.82) is 0 Å². The van der Waals surface area contributed by atoms with E-state index >= 15 is 0 Å². The quantitative estimate of drug-likeness (QED) is 0.806. The monoisotopic (exact) mass is 366 g/mol. The number of urea groups is 1. The molecule has 1 aromatic heterocycles. The maximum absolute atomic E-state index is 12.6. The maximum atomic E-state index is 12.6. The number of pyridine rings is 1. The summed E-state index contributed by atoms with van der Waals surface area (Å²) in [6.07, 6.45) is 3.50. The third kappa shape index (κ3) is 3.86. The molecular weight excluding hydrogens is 344 g/mol. The fourth-order valence-corrected chi connectivity index (χ4v) is 3.60. The van der Waals surface area contributed by atoms with Crippen molar-refractivity contribution in [3.8, 4) is 5.75 Å². The molecule has 2 aromatic rings. The van der Waals surface area contributed by atoms with Crippen LogP contribution in [-0.2, 0) is 11.3 Å².